The minimum atomic E-state index is -0.862. The largest absolute Gasteiger partial charge is 0.482 e. The number of nitrogens with two attached hydrogens (primary N) is 1. The average molecular weight is 355 g/mol. The fourth-order valence-electron chi connectivity index (χ4n) is 1.46. The van der Waals surface area contributed by atoms with Crippen molar-refractivity contribution in [3.8, 4) is 5.75 Å². The first-order valence-corrected chi connectivity index (χ1v) is 7.49. The number of nitrogens with zero attached hydrogens (tertiary/aromatic N) is 1. The van der Waals surface area contributed by atoms with E-state index in [0.29, 0.717) is 17.9 Å². The van der Waals surface area contributed by atoms with Crippen LogP contribution in [0.15, 0.2) is 23.3 Å². The summed E-state index contributed by atoms with van der Waals surface area (Å²) in [6.45, 7) is 3.95. The van der Waals surface area contributed by atoms with Gasteiger partial charge in [0.25, 0.3) is 5.91 Å². The number of ether oxygens (including phenoxy) is 1. The van der Waals surface area contributed by atoms with Crippen LogP contribution in [0.5, 0.6) is 5.75 Å². The van der Waals surface area contributed by atoms with Crippen molar-refractivity contribution in [2.24, 2.45) is 16.8 Å². The molecule has 1 rings (SSSR count). The highest BCUT2D eigenvalue weighted by molar-refractivity contribution is 6.35. The van der Waals surface area contributed by atoms with Crippen molar-refractivity contribution < 1.29 is 19.1 Å². The van der Waals surface area contributed by atoms with Gasteiger partial charge in [-0.3, -0.25) is 14.4 Å². The minimum absolute atomic E-state index is 0.239. The molecule has 0 spiro atoms. The summed E-state index contributed by atoms with van der Waals surface area (Å²) in [7, 11) is 0. The topological polar surface area (TPSA) is 123 Å². The van der Waals surface area contributed by atoms with Gasteiger partial charge < -0.3 is 15.8 Å². The molecule has 3 amide bonds. The third-order valence-corrected chi connectivity index (χ3v) is 2.88. The second-order valence-corrected chi connectivity index (χ2v) is 5.66. The van der Waals surface area contributed by atoms with E-state index in [4.69, 9.17) is 22.1 Å². The molecule has 8 nitrogen and oxygen atoms in total. The number of halogens is 1. The van der Waals surface area contributed by atoms with Gasteiger partial charge in [-0.1, -0.05) is 25.4 Å². The molecule has 0 aliphatic carbocycles. The van der Waals surface area contributed by atoms with Gasteiger partial charge in [-0.15, -0.1) is 0 Å². The molecule has 0 unspecified atom stereocenters. The smallest absolute Gasteiger partial charge is 0.329 e. The summed E-state index contributed by atoms with van der Waals surface area (Å²) >= 11 is 5.99. The Kier molecular flexibility index (Phi) is 7.70. The van der Waals surface area contributed by atoms with Crippen molar-refractivity contribution in [3.05, 3.63) is 28.8 Å². The summed E-state index contributed by atoms with van der Waals surface area (Å²) in [5, 5.41) is 6.40. The van der Waals surface area contributed by atoms with Crippen LogP contribution in [-0.4, -0.2) is 37.1 Å². The zero-order valence-electron chi connectivity index (χ0n) is 13.3. The van der Waals surface area contributed by atoms with E-state index in [1.54, 1.807) is 6.07 Å². The molecule has 9 heteroatoms. The van der Waals surface area contributed by atoms with Gasteiger partial charge in [0.1, 0.15) is 5.75 Å². The molecule has 0 bridgehead atoms. The predicted octanol–water partition coefficient (Wildman–Crippen LogP) is 0.426. The van der Waals surface area contributed by atoms with E-state index >= 15 is 0 Å². The first kappa shape index (κ1) is 19.4. The number of benzene rings is 1. The van der Waals surface area contributed by atoms with E-state index < -0.39 is 17.7 Å². The van der Waals surface area contributed by atoms with Gasteiger partial charge in [0, 0.05) is 6.54 Å². The Balaban J connectivity index is 2.55. The average Bonchev–Trinajstić information content (AvgIpc) is 2.51. The van der Waals surface area contributed by atoms with Crippen LogP contribution in [0, 0.1) is 5.92 Å². The van der Waals surface area contributed by atoms with Crippen molar-refractivity contribution in [2.75, 3.05) is 13.2 Å². The molecule has 0 fully saturated rings. The number of nitrogens with one attached hydrogen (secondary N) is 2. The second kappa shape index (κ2) is 9.51. The summed E-state index contributed by atoms with van der Waals surface area (Å²) < 4.78 is 5.10. The fraction of sp³-hybridized carbons (Fsp3) is 0.333. The summed E-state index contributed by atoms with van der Waals surface area (Å²) in [6, 6.07) is 4.66. The molecule has 0 radical (unpaired) electrons. The van der Waals surface area contributed by atoms with Crippen molar-refractivity contribution >= 4 is 35.5 Å². The van der Waals surface area contributed by atoms with E-state index in [2.05, 4.69) is 15.8 Å². The molecule has 130 valence electrons. The molecule has 1 aromatic carbocycles. The van der Waals surface area contributed by atoms with Crippen molar-refractivity contribution in [1.29, 1.82) is 0 Å². The highest BCUT2D eigenvalue weighted by Gasteiger charge is 2.12. The number of hydrogen-bond donors (Lipinski definition) is 3. The van der Waals surface area contributed by atoms with Gasteiger partial charge in [0.05, 0.1) is 11.2 Å². The fourth-order valence-corrected chi connectivity index (χ4v) is 1.70. The Bertz CT molecular complexity index is 646. The molecule has 4 N–H and O–H groups in total. The maximum absolute atomic E-state index is 11.5. The summed E-state index contributed by atoms with van der Waals surface area (Å²) in [5.74, 6) is -1.70. The van der Waals surface area contributed by atoms with Crippen LogP contribution in [0.2, 0.25) is 5.02 Å². The lowest BCUT2D eigenvalue weighted by atomic mass is 10.2. The van der Waals surface area contributed by atoms with Crippen LogP contribution in [-0.2, 0) is 14.4 Å². The Morgan fingerprint density at radius 3 is 2.62 bits per heavy atom. The standard InChI is InChI=1S/C15H19ClN4O4/c1-9(2)6-18-14(22)15(23)20-19-7-10-3-4-12(11(16)5-10)24-8-13(17)21/h3-5,7,9H,6,8H2,1-2H3,(H2,17,21)(H,18,22)(H,20,23)/b19-7-. The molecule has 0 aliphatic rings. The summed E-state index contributed by atoms with van der Waals surface area (Å²) in [5.41, 5.74) is 7.65. The number of rotatable bonds is 7. The van der Waals surface area contributed by atoms with Crippen molar-refractivity contribution in [3.63, 3.8) is 0 Å². The minimum Gasteiger partial charge on any atom is -0.482 e. The summed E-state index contributed by atoms with van der Waals surface area (Å²) in [6.07, 6.45) is 1.32. The van der Waals surface area contributed by atoms with E-state index in [9.17, 15) is 14.4 Å². The van der Waals surface area contributed by atoms with E-state index in [-0.39, 0.29) is 17.5 Å². The van der Waals surface area contributed by atoms with Crippen LogP contribution in [0.4, 0.5) is 0 Å². The number of hydrazone groups is 1. The maximum Gasteiger partial charge on any atom is 0.329 e. The molecule has 0 aliphatic heterocycles. The normalized spacial score (nSPS) is 10.7. The van der Waals surface area contributed by atoms with E-state index in [1.165, 1.54) is 18.3 Å². The SMILES string of the molecule is CC(C)CNC(=O)C(=O)N/N=C\c1ccc(OCC(N)=O)c(Cl)c1. The van der Waals surface area contributed by atoms with Crippen molar-refractivity contribution in [1.82, 2.24) is 10.7 Å². The first-order chi connectivity index (χ1) is 11.3. The molecule has 1 aromatic rings. The van der Waals surface area contributed by atoms with Gasteiger partial charge in [0.15, 0.2) is 6.61 Å². The molecule has 0 saturated carbocycles. The van der Waals surface area contributed by atoms with E-state index in [0.717, 1.165) is 0 Å². The Hall–Kier alpha value is -2.61. The Morgan fingerprint density at radius 1 is 1.33 bits per heavy atom. The number of amides is 3. The Morgan fingerprint density at radius 2 is 2.04 bits per heavy atom. The lowest BCUT2D eigenvalue weighted by Gasteiger charge is -2.06. The predicted molar refractivity (Wildman–Crippen MR) is 89.7 cm³/mol. The molecule has 0 saturated heterocycles. The molecule has 0 atom stereocenters. The zero-order chi connectivity index (χ0) is 18.1. The number of carbonyl (C=O) groups is 3. The van der Waals surface area contributed by atoms with Gasteiger partial charge in [-0.05, 0) is 29.7 Å². The lowest BCUT2D eigenvalue weighted by molar-refractivity contribution is -0.139. The van der Waals surface area contributed by atoms with Gasteiger partial charge in [-0.25, -0.2) is 5.43 Å². The molecular formula is C15H19ClN4O4. The molecular weight excluding hydrogens is 336 g/mol. The second-order valence-electron chi connectivity index (χ2n) is 5.25. The summed E-state index contributed by atoms with van der Waals surface area (Å²) in [4.78, 5) is 33.6. The van der Waals surface area contributed by atoms with Gasteiger partial charge in [-0.2, -0.15) is 5.10 Å². The van der Waals surface area contributed by atoms with Gasteiger partial charge in [0.2, 0.25) is 0 Å². The van der Waals surface area contributed by atoms with Crippen LogP contribution in [0.1, 0.15) is 19.4 Å². The lowest BCUT2D eigenvalue weighted by Crippen LogP contribution is -2.39. The quantitative estimate of drug-likeness (QED) is 0.373. The number of carbonyl (C=O) groups excluding carboxylic acids is 3. The molecule has 0 heterocycles. The molecule has 0 aromatic heterocycles. The van der Waals surface area contributed by atoms with Crippen LogP contribution in [0.25, 0.3) is 0 Å². The monoisotopic (exact) mass is 354 g/mol. The van der Waals surface area contributed by atoms with Crippen LogP contribution < -0.4 is 21.2 Å². The third kappa shape index (κ3) is 7.10. The first-order valence-electron chi connectivity index (χ1n) is 7.11. The van der Waals surface area contributed by atoms with Crippen LogP contribution >= 0.6 is 11.6 Å². The highest BCUT2D eigenvalue weighted by Crippen LogP contribution is 2.24. The highest BCUT2D eigenvalue weighted by atomic mass is 35.5. The van der Waals surface area contributed by atoms with Gasteiger partial charge >= 0.3 is 11.8 Å². The molecule has 24 heavy (non-hydrogen) atoms. The number of primary amides is 1. The van der Waals surface area contributed by atoms with Crippen LogP contribution in [0.3, 0.4) is 0 Å². The van der Waals surface area contributed by atoms with Crippen molar-refractivity contribution in [2.45, 2.75) is 13.8 Å². The third-order valence-electron chi connectivity index (χ3n) is 2.58. The number of hydrogen-bond acceptors (Lipinski definition) is 5. The zero-order valence-corrected chi connectivity index (χ0v) is 14.1. The Labute approximate surface area is 144 Å². The van der Waals surface area contributed by atoms with E-state index in [1.807, 2.05) is 13.8 Å². The maximum atomic E-state index is 11.5.